The van der Waals surface area contributed by atoms with E-state index in [1.165, 1.54) is 4.88 Å². The van der Waals surface area contributed by atoms with E-state index in [4.69, 9.17) is 4.74 Å². The van der Waals surface area contributed by atoms with E-state index in [-0.39, 0.29) is 5.91 Å². The van der Waals surface area contributed by atoms with Crippen molar-refractivity contribution >= 4 is 17.2 Å². The van der Waals surface area contributed by atoms with Gasteiger partial charge in [-0.05, 0) is 42.5 Å². The standard InChI is InChI=1S/C17H19NO2S/c1-2-20-13-7-5-12(6-8-13)10-17(19)18-15-11-14(15)16-4-3-9-21-16/h3-9,14-15H,2,10-11H2,1H3,(H,18,19). The Morgan fingerprint density at radius 1 is 1.33 bits per heavy atom. The first kappa shape index (κ1) is 14.1. The molecule has 2 atom stereocenters. The van der Waals surface area contributed by atoms with Gasteiger partial charge < -0.3 is 10.1 Å². The summed E-state index contributed by atoms with van der Waals surface area (Å²) < 4.78 is 5.40. The highest BCUT2D eigenvalue weighted by Crippen LogP contribution is 2.42. The van der Waals surface area contributed by atoms with Crippen molar-refractivity contribution in [2.75, 3.05) is 6.61 Å². The number of rotatable bonds is 6. The van der Waals surface area contributed by atoms with Gasteiger partial charge in [-0.25, -0.2) is 0 Å². The summed E-state index contributed by atoms with van der Waals surface area (Å²) in [6.07, 6.45) is 1.50. The third-order valence-corrected chi connectivity index (χ3v) is 4.65. The molecule has 3 nitrogen and oxygen atoms in total. The summed E-state index contributed by atoms with van der Waals surface area (Å²) in [5.41, 5.74) is 1.02. The molecular formula is C17H19NO2S. The van der Waals surface area contributed by atoms with Crippen molar-refractivity contribution in [1.82, 2.24) is 5.32 Å². The lowest BCUT2D eigenvalue weighted by atomic mass is 10.1. The minimum Gasteiger partial charge on any atom is -0.494 e. The molecule has 1 heterocycles. The summed E-state index contributed by atoms with van der Waals surface area (Å²) in [6.45, 7) is 2.62. The number of benzene rings is 1. The largest absolute Gasteiger partial charge is 0.494 e. The van der Waals surface area contributed by atoms with Gasteiger partial charge in [0.15, 0.2) is 0 Å². The van der Waals surface area contributed by atoms with Crippen LogP contribution < -0.4 is 10.1 Å². The molecule has 2 aromatic rings. The Balaban J connectivity index is 1.48. The van der Waals surface area contributed by atoms with Crippen molar-refractivity contribution in [2.45, 2.75) is 31.7 Å². The third kappa shape index (κ3) is 3.64. The van der Waals surface area contributed by atoms with Gasteiger partial charge in [0, 0.05) is 16.8 Å². The predicted molar refractivity (Wildman–Crippen MR) is 84.9 cm³/mol. The van der Waals surface area contributed by atoms with E-state index in [1.54, 1.807) is 11.3 Å². The highest BCUT2D eigenvalue weighted by Gasteiger charge is 2.39. The molecule has 1 saturated carbocycles. The van der Waals surface area contributed by atoms with E-state index in [9.17, 15) is 4.79 Å². The number of amides is 1. The Kier molecular flexibility index (Phi) is 4.25. The first-order valence-electron chi connectivity index (χ1n) is 7.30. The van der Waals surface area contributed by atoms with Crippen LogP contribution in [0.15, 0.2) is 41.8 Å². The average Bonchev–Trinajstić information content (AvgIpc) is 3.02. The molecule has 0 spiro atoms. The molecule has 1 aromatic carbocycles. The van der Waals surface area contributed by atoms with Gasteiger partial charge in [0.05, 0.1) is 13.0 Å². The second-order valence-electron chi connectivity index (χ2n) is 5.29. The molecule has 4 heteroatoms. The monoisotopic (exact) mass is 301 g/mol. The fourth-order valence-electron chi connectivity index (χ4n) is 2.48. The van der Waals surface area contributed by atoms with Crippen LogP contribution >= 0.6 is 11.3 Å². The van der Waals surface area contributed by atoms with Crippen molar-refractivity contribution in [2.24, 2.45) is 0 Å². The van der Waals surface area contributed by atoms with Gasteiger partial charge in [-0.2, -0.15) is 0 Å². The lowest BCUT2D eigenvalue weighted by Crippen LogP contribution is -2.28. The topological polar surface area (TPSA) is 38.3 Å². The summed E-state index contributed by atoms with van der Waals surface area (Å²) in [6, 6.07) is 12.3. The molecule has 0 aliphatic heterocycles. The highest BCUT2D eigenvalue weighted by molar-refractivity contribution is 7.10. The maximum absolute atomic E-state index is 12.0. The van der Waals surface area contributed by atoms with Crippen LogP contribution in [0.5, 0.6) is 5.75 Å². The maximum Gasteiger partial charge on any atom is 0.224 e. The van der Waals surface area contributed by atoms with Crippen LogP contribution in [-0.2, 0) is 11.2 Å². The normalized spacial score (nSPS) is 20.0. The molecule has 2 unspecified atom stereocenters. The molecule has 0 radical (unpaired) electrons. The number of ether oxygens (including phenoxy) is 1. The van der Waals surface area contributed by atoms with Crippen LogP contribution in [0.2, 0.25) is 0 Å². The van der Waals surface area contributed by atoms with Crippen molar-refractivity contribution in [3.8, 4) is 5.75 Å². The zero-order valence-electron chi connectivity index (χ0n) is 12.0. The van der Waals surface area contributed by atoms with Gasteiger partial charge in [-0.15, -0.1) is 11.3 Å². The van der Waals surface area contributed by atoms with E-state index in [0.29, 0.717) is 25.0 Å². The average molecular weight is 301 g/mol. The first-order valence-corrected chi connectivity index (χ1v) is 8.18. The molecule has 1 aromatic heterocycles. The van der Waals surface area contributed by atoms with Crippen molar-refractivity contribution in [3.05, 3.63) is 52.2 Å². The van der Waals surface area contributed by atoms with E-state index < -0.39 is 0 Å². The van der Waals surface area contributed by atoms with Gasteiger partial charge >= 0.3 is 0 Å². The molecule has 1 aliphatic carbocycles. The number of nitrogens with one attached hydrogen (secondary N) is 1. The molecule has 1 fully saturated rings. The highest BCUT2D eigenvalue weighted by atomic mass is 32.1. The lowest BCUT2D eigenvalue weighted by molar-refractivity contribution is -0.120. The summed E-state index contributed by atoms with van der Waals surface area (Å²) in [5, 5.41) is 5.21. The van der Waals surface area contributed by atoms with E-state index in [0.717, 1.165) is 17.7 Å². The van der Waals surface area contributed by atoms with Crippen LogP contribution in [-0.4, -0.2) is 18.6 Å². The smallest absolute Gasteiger partial charge is 0.224 e. The fraction of sp³-hybridized carbons (Fsp3) is 0.353. The minimum absolute atomic E-state index is 0.100. The Hall–Kier alpha value is -1.81. The number of thiophene rings is 1. The zero-order chi connectivity index (χ0) is 14.7. The predicted octanol–water partition coefficient (Wildman–Crippen LogP) is 3.36. The first-order chi connectivity index (χ1) is 10.3. The molecule has 1 amide bonds. The van der Waals surface area contributed by atoms with Crippen LogP contribution in [0.3, 0.4) is 0 Å². The van der Waals surface area contributed by atoms with Gasteiger partial charge in [-0.1, -0.05) is 18.2 Å². The van der Waals surface area contributed by atoms with E-state index >= 15 is 0 Å². The van der Waals surface area contributed by atoms with Crippen LogP contribution in [0.1, 0.15) is 29.7 Å². The summed E-state index contributed by atoms with van der Waals surface area (Å²) in [7, 11) is 0. The van der Waals surface area contributed by atoms with Crippen molar-refractivity contribution < 1.29 is 9.53 Å². The Morgan fingerprint density at radius 2 is 2.14 bits per heavy atom. The number of hydrogen-bond donors (Lipinski definition) is 1. The second-order valence-corrected chi connectivity index (χ2v) is 6.26. The van der Waals surface area contributed by atoms with Gasteiger partial charge in [0.25, 0.3) is 0 Å². The molecule has 1 N–H and O–H groups in total. The minimum atomic E-state index is 0.100. The lowest BCUT2D eigenvalue weighted by Gasteiger charge is -2.06. The molecule has 110 valence electrons. The Bertz CT molecular complexity index is 592. The number of hydrogen-bond acceptors (Lipinski definition) is 3. The third-order valence-electron chi connectivity index (χ3n) is 3.64. The number of carbonyl (C=O) groups is 1. The molecule has 21 heavy (non-hydrogen) atoms. The Labute approximate surface area is 129 Å². The van der Waals surface area contributed by atoms with Gasteiger partial charge in [0.1, 0.15) is 5.75 Å². The molecule has 0 bridgehead atoms. The van der Waals surface area contributed by atoms with Gasteiger partial charge in [-0.3, -0.25) is 4.79 Å². The maximum atomic E-state index is 12.0. The van der Waals surface area contributed by atoms with Crippen molar-refractivity contribution in [3.63, 3.8) is 0 Å². The van der Waals surface area contributed by atoms with Crippen molar-refractivity contribution in [1.29, 1.82) is 0 Å². The van der Waals surface area contributed by atoms with Gasteiger partial charge in [0.2, 0.25) is 5.91 Å². The summed E-state index contributed by atoms with van der Waals surface area (Å²) in [4.78, 5) is 13.4. The molecular weight excluding hydrogens is 282 g/mol. The fourth-order valence-corrected chi connectivity index (χ4v) is 3.39. The molecule has 1 aliphatic rings. The second kappa shape index (κ2) is 6.31. The zero-order valence-corrected chi connectivity index (χ0v) is 12.9. The Morgan fingerprint density at radius 3 is 2.81 bits per heavy atom. The molecule has 0 saturated heterocycles. The van der Waals surface area contributed by atoms with E-state index in [1.807, 2.05) is 31.2 Å². The molecule has 3 rings (SSSR count). The van der Waals surface area contributed by atoms with E-state index in [2.05, 4.69) is 22.8 Å². The number of carbonyl (C=O) groups excluding carboxylic acids is 1. The van der Waals surface area contributed by atoms with Crippen LogP contribution in [0.4, 0.5) is 0 Å². The summed E-state index contributed by atoms with van der Waals surface area (Å²) in [5.74, 6) is 1.47. The van der Waals surface area contributed by atoms with Crippen LogP contribution in [0.25, 0.3) is 0 Å². The quantitative estimate of drug-likeness (QED) is 0.888. The summed E-state index contributed by atoms with van der Waals surface area (Å²) >= 11 is 1.77. The SMILES string of the molecule is CCOc1ccc(CC(=O)NC2CC2c2cccs2)cc1. The van der Waals surface area contributed by atoms with Crippen LogP contribution in [0, 0.1) is 0 Å².